The zero-order chi connectivity index (χ0) is 17.7. The van der Waals surface area contributed by atoms with Crippen LogP contribution in [-0.2, 0) is 25.5 Å². The van der Waals surface area contributed by atoms with Gasteiger partial charge in [-0.2, -0.15) is 0 Å². The van der Waals surface area contributed by atoms with Crippen molar-refractivity contribution in [3.8, 4) is 11.5 Å². The fourth-order valence-corrected chi connectivity index (χ4v) is 2.33. The Labute approximate surface area is 139 Å². The Morgan fingerprint density at radius 3 is 2.00 bits per heavy atom. The lowest BCUT2D eigenvalue weighted by atomic mass is 10.0. The summed E-state index contributed by atoms with van der Waals surface area (Å²) < 4.78 is 15.0. The number of hydrogen-bond donors (Lipinski definition) is 0. The van der Waals surface area contributed by atoms with Gasteiger partial charge in [0.25, 0.3) is 0 Å². The third-order valence-corrected chi connectivity index (χ3v) is 3.35. The molecular formula is C18H18O6. The number of ether oxygens (including phenoxy) is 3. The Morgan fingerprint density at radius 1 is 0.875 bits per heavy atom. The molecule has 0 unspecified atom stereocenters. The molecule has 2 aromatic carbocycles. The first-order valence-electron chi connectivity index (χ1n) is 7.40. The van der Waals surface area contributed by atoms with E-state index in [1.54, 1.807) is 18.2 Å². The van der Waals surface area contributed by atoms with Crippen LogP contribution in [0, 0.1) is 0 Å². The van der Waals surface area contributed by atoms with Gasteiger partial charge in [-0.1, -0.05) is 12.1 Å². The first kappa shape index (κ1) is 17.5. The van der Waals surface area contributed by atoms with Gasteiger partial charge in [0.1, 0.15) is 11.5 Å². The fourth-order valence-electron chi connectivity index (χ4n) is 2.33. The number of esters is 3. The molecule has 0 spiro atoms. The summed E-state index contributed by atoms with van der Waals surface area (Å²) in [6, 6.07) is 8.56. The van der Waals surface area contributed by atoms with Crippen LogP contribution in [0.25, 0.3) is 10.8 Å². The molecule has 0 heterocycles. The maximum absolute atomic E-state index is 11.3. The monoisotopic (exact) mass is 330 g/mol. The molecule has 0 N–H and O–H groups in total. The predicted octanol–water partition coefficient (Wildman–Crippen LogP) is 2.80. The van der Waals surface area contributed by atoms with Crippen LogP contribution >= 0.6 is 0 Å². The number of aryl methyl sites for hydroxylation is 1. The van der Waals surface area contributed by atoms with Crippen LogP contribution in [-0.4, -0.2) is 25.0 Å². The van der Waals surface area contributed by atoms with Gasteiger partial charge in [-0.15, -0.1) is 0 Å². The van der Waals surface area contributed by atoms with E-state index in [1.165, 1.54) is 21.0 Å². The topological polar surface area (TPSA) is 78.9 Å². The van der Waals surface area contributed by atoms with Gasteiger partial charge in [-0.3, -0.25) is 14.4 Å². The Balaban J connectivity index is 2.46. The third-order valence-electron chi connectivity index (χ3n) is 3.35. The summed E-state index contributed by atoms with van der Waals surface area (Å²) in [5.74, 6) is -0.437. The molecule has 0 aliphatic heterocycles. The van der Waals surface area contributed by atoms with Crippen LogP contribution in [0.15, 0.2) is 30.3 Å². The van der Waals surface area contributed by atoms with Crippen molar-refractivity contribution in [1.29, 1.82) is 0 Å². The second-order valence-electron chi connectivity index (χ2n) is 5.21. The minimum Gasteiger partial charge on any atom is -0.469 e. The van der Waals surface area contributed by atoms with Gasteiger partial charge in [-0.05, 0) is 30.2 Å². The Hall–Kier alpha value is -2.89. The smallest absolute Gasteiger partial charge is 0.308 e. The van der Waals surface area contributed by atoms with Crippen molar-refractivity contribution < 1.29 is 28.6 Å². The van der Waals surface area contributed by atoms with Crippen molar-refractivity contribution in [2.24, 2.45) is 0 Å². The van der Waals surface area contributed by atoms with Gasteiger partial charge in [0, 0.05) is 31.0 Å². The Bertz CT molecular complexity index is 793. The molecule has 2 rings (SSSR count). The summed E-state index contributed by atoms with van der Waals surface area (Å²) in [5, 5.41) is 1.28. The number of carbonyl (C=O) groups is 3. The van der Waals surface area contributed by atoms with Gasteiger partial charge in [0.15, 0.2) is 0 Å². The van der Waals surface area contributed by atoms with Crippen molar-refractivity contribution in [2.75, 3.05) is 7.11 Å². The quantitative estimate of drug-likeness (QED) is 0.619. The van der Waals surface area contributed by atoms with Crippen molar-refractivity contribution in [3.05, 3.63) is 35.9 Å². The van der Waals surface area contributed by atoms with Gasteiger partial charge >= 0.3 is 17.9 Å². The number of benzene rings is 2. The van der Waals surface area contributed by atoms with Crippen molar-refractivity contribution in [2.45, 2.75) is 26.7 Å². The molecule has 0 bridgehead atoms. The second-order valence-corrected chi connectivity index (χ2v) is 5.21. The number of hydrogen-bond acceptors (Lipinski definition) is 6. The molecule has 6 nitrogen and oxygen atoms in total. The normalized spacial score (nSPS) is 10.3. The van der Waals surface area contributed by atoms with E-state index in [0.29, 0.717) is 28.7 Å². The number of methoxy groups -OCH3 is 1. The van der Waals surface area contributed by atoms with Crippen molar-refractivity contribution in [3.63, 3.8) is 0 Å². The van der Waals surface area contributed by atoms with Crippen LogP contribution < -0.4 is 9.47 Å². The summed E-state index contributed by atoms with van der Waals surface area (Å²) in [6.45, 7) is 2.63. The highest BCUT2D eigenvalue weighted by molar-refractivity contribution is 5.96. The summed E-state index contributed by atoms with van der Waals surface area (Å²) in [5.41, 5.74) is 0.876. The lowest BCUT2D eigenvalue weighted by Crippen LogP contribution is -2.05. The van der Waals surface area contributed by atoms with Gasteiger partial charge < -0.3 is 14.2 Å². The second kappa shape index (κ2) is 7.59. The molecular weight excluding hydrogens is 312 g/mol. The number of rotatable bonds is 5. The molecule has 2 aromatic rings. The molecule has 0 aliphatic carbocycles. The molecule has 0 aromatic heterocycles. The molecule has 0 saturated heterocycles. The number of carbonyl (C=O) groups excluding carboxylic acids is 3. The summed E-state index contributed by atoms with van der Waals surface area (Å²) in [7, 11) is 1.34. The summed E-state index contributed by atoms with van der Waals surface area (Å²) in [6.07, 6.45) is 0.731. The minimum atomic E-state index is -0.448. The first-order chi connectivity index (χ1) is 11.4. The zero-order valence-corrected chi connectivity index (χ0v) is 13.8. The Morgan fingerprint density at radius 2 is 1.46 bits per heavy atom. The zero-order valence-electron chi connectivity index (χ0n) is 13.8. The van der Waals surface area contributed by atoms with E-state index in [1.807, 2.05) is 12.1 Å². The Kier molecular flexibility index (Phi) is 5.52. The summed E-state index contributed by atoms with van der Waals surface area (Å²) >= 11 is 0. The molecule has 6 heteroatoms. The minimum absolute atomic E-state index is 0.245. The highest BCUT2D eigenvalue weighted by atomic mass is 16.5. The third kappa shape index (κ3) is 4.32. The predicted molar refractivity (Wildman–Crippen MR) is 86.9 cm³/mol. The largest absolute Gasteiger partial charge is 0.469 e. The molecule has 0 radical (unpaired) electrons. The van der Waals surface area contributed by atoms with Gasteiger partial charge in [-0.25, -0.2) is 0 Å². The first-order valence-corrected chi connectivity index (χ1v) is 7.40. The molecule has 0 aliphatic rings. The van der Waals surface area contributed by atoms with Crippen LogP contribution in [0.1, 0.15) is 25.8 Å². The van der Waals surface area contributed by atoms with Gasteiger partial charge in [0.05, 0.1) is 7.11 Å². The maximum Gasteiger partial charge on any atom is 0.308 e. The van der Waals surface area contributed by atoms with Crippen molar-refractivity contribution >= 4 is 28.7 Å². The molecule has 126 valence electrons. The van der Waals surface area contributed by atoms with E-state index in [4.69, 9.17) is 9.47 Å². The van der Waals surface area contributed by atoms with E-state index in [9.17, 15) is 14.4 Å². The lowest BCUT2D eigenvalue weighted by molar-refractivity contribution is -0.140. The van der Waals surface area contributed by atoms with E-state index >= 15 is 0 Å². The van der Waals surface area contributed by atoms with Crippen LogP contribution in [0.2, 0.25) is 0 Å². The average molecular weight is 330 g/mol. The SMILES string of the molecule is COC(=O)CCc1ccc2c(OC(C)=O)ccc(OC(C)=O)c2c1. The average Bonchev–Trinajstić information content (AvgIpc) is 2.53. The molecule has 24 heavy (non-hydrogen) atoms. The molecule has 0 fully saturated rings. The fraction of sp³-hybridized carbons (Fsp3) is 0.278. The van der Waals surface area contributed by atoms with Crippen molar-refractivity contribution in [1.82, 2.24) is 0 Å². The van der Waals surface area contributed by atoms with E-state index < -0.39 is 11.9 Å². The number of fused-ring (bicyclic) bond motifs is 1. The molecule has 0 amide bonds. The standard InChI is InChI=1S/C18H18O6/c1-11(19)23-16-7-8-17(24-12(2)20)15-10-13(4-6-14(15)16)5-9-18(21)22-3/h4,6-8,10H,5,9H2,1-3H3. The van der Waals surface area contributed by atoms with Crippen LogP contribution in [0.3, 0.4) is 0 Å². The molecule has 0 atom stereocenters. The summed E-state index contributed by atoms with van der Waals surface area (Å²) in [4.78, 5) is 33.8. The van der Waals surface area contributed by atoms with Crippen LogP contribution in [0.4, 0.5) is 0 Å². The van der Waals surface area contributed by atoms with E-state index in [2.05, 4.69) is 4.74 Å². The van der Waals surface area contributed by atoms with Crippen LogP contribution in [0.5, 0.6) is 11.5 Å². The van der Waals surface area contributed by atoms with E-state index in [-0.39, 0.29) is 12.4 Å². The maximum atomic E-state index is 11.3. The highest BCUT2D eigenvalue weighted by Gasteiger charge is 2.12. The van der Waals surface area contributed by atoms with E-state index in [0.717, 1.165) is 5.56 Å². The van der Waals surface area contributed by atoms with Gasteiger partial charge in [0.2, 0.25) is 0 Å². The highest BCUT2D eigenvalue weighted by Crippen LogP contribution is 2.34. The molecule has 0 saturated carbocycles. The lowest BCUT2D eigenvalue weighted by Gasteiger charge is -2.12.